The number of thioether (sulfide) groups is 1. The molecule has 0 aliphatic heterocycles. The monoisotopic (exact) mass is 301 g/mol. The summed E-state index contributed by atoms with van der Waals surface area (Å²) in [6, 6.07) is 7.12. The third-order valence-electron chi connectivity index (χ3n) is 3.05. The Labute approximate surface area is 131 Å². The van der Waals surface area contributed by atoms with Crippen LogP contribution in [0.3, 0.4) is 0 Å². The van der Waals surface area contributed by atoms with Crippen LogP contribution in [0.5, 0.6) is 0 Å². The van der Waals surface area contributed by atoms with Crippen LogP contribution in [0.4, 0.5) is 0 Å². The zero-order valence-corrected chi connectivity index (χ0v) is 14.0. The van der Waals surface area contributed by atoms with Crippen molar-refractivity contribution in [2.24, 2.45) is 0 Å². The van der Waals surface area contributed by atoms with E-state index in [-0.39, 0.29) is 0 Å². The minimum absolute atomic E-state index is 0.476. The molecule has 1 heterocycles. The lowest BCUT2D eigenvalue weighted by molar-refractivity contribution is 0.585. The minimum Gasteiger partial charge on any atom is -0.310 e. The maximum Gasteiger partial charge on any atom is 0.187 e. The third-order valence-corrected chi connectivity index (χ3v) is 3.99. The molecule has 2 aromatic rings. The van der Waals surface area contributed by atoms with E-state index in [1.807, 2.05) is 12.4 Å². The van der Waals surface area contributed by atoms with Crippen molar-refractivity contribution >= 4 is 11.8 Å². The maximum atomic E-state index is 4.43. The summed E-state index contributed by atoms with van der Waals surface area (Å²) < 4.78 is 0. The second-order valence-electron chi connectivity index (χ2n) is 5.69. The van der Waals surface area contributed by atoms with Crippen molar-refractivity contribution in [3.05, 3.63) is 52.8 Å². The van der Waals surface area contributed by atoms with Gasteiger partial charge in [-0.15, -0.1) is 0 Å². The second-order valence-corrected chi connectivity index (χ2v) is 6.64. The summed E-state index contributed by atoms with van der Waals surface area (Å²) in [6.45, 7) is 9.35. The topological polar surface area (TPSA) is 37.8 Å². The van der Waals surface area contributed by atoms with Crippen LogP contribution in [0.15, 0.2) is 35.7 Å². The van der Waals surface area contributed by atoms with Gasteiger partial charge < -0.3 is 5.32 Å². The molecule has 112 valence electrons. The molecule has 0 fully saturated rings. The number of nitrogens with zero attached hydrogens (tertiary/aromatic N) is 2. The van der Waals surface area contributed by atoms with Gasteiger partial charge in [0.15, 0.2) is 5.16 Å². The van der Waals surface area contributed by atoms with Gasteiger partial charge in [-0.3, -0.25) is 0 Å². The van der Waals surface area contributed by atoms with Crippen molar-refractivity contribution in [1.82, 2.24) is 15.3 Å². The number of hydrogen-bond acceptors (Lipinski definition) is 4. The van der Waals surface area contributed by atoms with E-state index in [2.05, 4.69) is 61.2 Å². The van der Waals surface area contributed by atoms with Gasteiger partial charge in [0.05, 0.1) is 0 Å². The molecule has 0 aliphatic carbocycles. The van der Waals surface area contributed by atoms with Gasteiger partial charge in [-0.2, -0.15) is 0 Å². The summed E-state index contributed by atoms with van der Waals surface area (Å²) in [5.74, 6) is 0.909. The average molecular weight is 301 g/mol. The first kappa shape index (κ1) is 16.0. The molecule has 0 amide bonds. The van der Waals surface area contributed by atoms with E-state index in [0.717, 1.165) is 23.0 Å². The van der Waals surface area contributed by atoms with Crippen molar-refractivity contribution in [2.75, 3.05) is 0 Å². The van der Waals surface area contributed by atoms with E-state index in [0.29, 0.717) is 6.04 Å². The molecule has 3 nitrogen and oxygen atoms in total. The van der Waals surface area contributed by atoms with Gasteiger partial charge in [-0.05, 0) is 19.4 Å². The smallest absolute Gasteiger partial charge is 0.187 e. The van der Waals surface area contributed by atoms with E-state index in [9.17, 15) is 0 Å². The molecule has 0 spiro atoms. The van der Waals surface area contributed by atoms with E-state index >= 15 is 0 Å². The highest BCUT2D eigenvalue weighted by Gasteiger charge is 2.02. The Balaban J connectivity index is 1.91. The summed E-state index contributed by atoms with van der Waals surface area (Å²) in [5, 5.41) is 4.20. The molecule has 4 heteroatoms. The molecule has 0 aliphatic rings. The second kappa shape index (κ2) is 7.57. The van der Waals surface area contributed by atoms with Crippen LogP contribution < -0.4 is 5.32 Å². The van der Waals surface area contributed by atoms with Gasteiger partial charge in [0.25, 0.3) is 0 Å². The number of aromatic nitrogens is 2. The zero-order chi connectivity index (χ0) is 15.2. The van der Waals surface area contributed by atoms with Gasteiger partial charge in [0.1, 0.15) is 0 Å². The summed E-state index contributed by atoms with van der Waals surface area (Å²) in [6.07, 6.45) is 3.82. The fraction of sp³-hybridized carbons (Fsp3) is 0.412. The van der Waals surface area contributed by atoms with Crippen LogP contribution in [0.1, 0.15) is 36.1 Å². The Morgan fingerprint density at radius 1 is 1.00 bits per heavy atom. The summed E-state index contributed by atoms with van der Waals surface area (Å²) in [5.41, 5.74) is 5.06. The van der Waals surface area contributed by atoms with Crippen molar-refractivity contribution in [2.45, 2.75) is 51.2 Å². The summed E-state index contributed by atoms with van der Waals surface area (Å²) >= 11 is 1.68. The highest BCUT2D eigenvalue weighted by atomic mass is 32.2. The van der Waals surface area contributed by atoms with E-state index in [1.165, 1.54) is 16.7 Å². The lowest BCUT2D eigenvalue weighted by Crippen LogP contribution is -2.21. The predicted octanol–water partition coefficient (Wildman–Crippen LogP) is 3.88. The van der Waals surface area contributed by atoms with Crippen molar-refractivity contribution < 1.29 is 0 Å². The van der Waals surface area contributed by atoms with Crippen LogP contribution in [0, 0.1) is 13.8 Å². The Morgan fingerprint density at radius 2 is 1.62 bits per heavy atom. The number of nitrogens with one attached hydrogen (secondary N) is 1. The minimum atomic E-state index is 0.476. The molecule has 0 unspecified atom stereocenters. The molecule has 1 aromatic carbocycles. The van der Waals surface area contributed by atoms with Crippen LogP contribution in [0.25, 0.3) is 0 Å². The molecule has 0 saturated heterocycles. The number of benzene rings is 1. The number of aryl methyl sites for hydroxylation is 2. The predicted molar refractivity (Wildman–Crippen MR) is 89.5 cm³/mol. The summed E-state index contributed by atoms with van der Waals surface area (Å²) in [7, 11) is 0. The molecule has 0 bridgehead atoms. The SMILES string of the molecule is Cc1cc(C)cc(CSc2ncc(CNC(C)C)cn2)c1. The van der Waals surface area contributed by atoms with Gasteiger partial charge in [-0.1, -0.05) is 54.9 Å². The Hall–Kier alpha value is -1.39. The molecule has 2 rings (SSSR count). The van der Waals surface area contributed by atoms with Crippen LogP contribution in [0.2, 0.25) is 0 Å². The van der Waals surface area contributed by atoms with Crippen molar-refractivity contribution in [3.8, 4) is 0 Å². The summed E-state index contributed by atoms with van der Waals surface area (Å²) in [4.78, 5) is 8.86. The van der Waals surface area contributed by atoms with Crippen LogP contribution in [-0.2, 0) is 12.3 Å². The largest absolute Gasteiger partial charge is 0.310 e. The maximum absolute atomic E-state index is 4.43. The molecule has 1 aromatic heterocycles. The normalized spacial score (nSPS) is 11.1. The number of hydrogen-bond donors (Lipinski definition) is 1. The average Bonchev–Trinajstić information content (AvgIpc) is 2.43. The van der Waals surface area contributed by atoms with Crippen molar-refractivity contribution in [3.63, 3.8) is 0 Å². The lowest BCUT2D eigenvalue weighted by Gasteiger charge is -2.08. The first-order chi connectivity index (χ1) is 10.0. The molecule has 0 saturated carbocycles. The van der Waals surface area contributed by atoms with Crippen LogP contribution >= 0.6 is 11.8 Å². The Kier molecular flexibility index (Phi) is 5.76. The van der Waals surface area contributed by atoms with E-state index < -0.39 is 0 Å². The number of rotatable bonds is 6. The fourth-order valence-corrected chi connectivity index (χ4v) is 2.85. The van der Waals surface area contributed by atoms with Crippen LogP contribution in [-0.4, -0.2) is 16.0 Å². The Morgan fingerprint density at radius 3 is 2.19 bits per heavy atom. The lowest BCUT2D eigenvalue weighted by atomic mass is 10.1. The van der Waals surface area contributed by atoms with E-state index in [4.69, 9.17) is 0 Å². The molecule has 1 N–H and O–H groups in total. The Bertz CT molecular complexity index is 559. The highest BCUT2D eigenvalue weighted by Crippen LogP contribution is 2.20. The third kappa shape index (κ3) is 5.48. The highest BCUT2D eigenvalue weighted by molar-refractivity contribution is 7.98. The first-order valence-corrected chi connectivity index (χ1v) is 8.26. The standard InChI is InChI=1S/C17H23N3S/c1-12(2)18-8-16-9-19-17(20-10-16)21-11-15-6-13(3)5-14(4)7-15/h5-7,9-10,12,18H,8,11H2,1-4H3. The van der Waals surface area contributed by atoms with Gasteiger partial charge in [0, 0.05) is 36.3 Å². The fourth-order valence-electron chi connectivity index (χ4n) is 2.13. The molecule has 0 atom stereocenters. The zero-order valence-electron chi connectivity index (χ0n) is 13.2. The van der Waals surface area contributed by atoms with Gasteiger partial charge >= 0.3 is 0 Å². The van der Waals surface area contributed by atoms with Crippen molar-refractivity contribution in [1.29, 1.82) is 0 Å². The molecular weight excluding hydrogens is 278 g/mol. The molecule has 21 heavy (non-hydrogen) atoms. The van der Waals surface area contributed by atoms with Gasteiger partial charge in [0.2, 0.25) is 0 Å². The quantitative estimate of drug-likeness (QED) is 0.649. The van der Waals surface area contributed by atoms with E-state index in [1.54, 1.807) is 11.8 Å². The van der Waals surface area contributed by atoms with Gasteiger partial charge in [-0.25, -0.2) is 9.97 Å². The molecular formula is C17H23N3S. The first-order valence-electron chi connectivity index (χ1n) is 7.27. The molecule has 0 radical (unpaired) electrons.